The van der Waals surface area contributed by atoms with Gasteiger partial charge >= 0.3 is 5.97 Å². The van der Waals surface area contributed by atoms with Crippen LogP contribution >= 0.6 is 0 Å². The Bertz CT molecular complexity index is 781. The summed E-state index contributed by atoms with van der Waals surface area (Å²) in [6.45, 7) is 0.00918. The number of nitrogens with zero attached hydrogens (tertiary/aromatic N) is 1. The molecule has 1 aromatic rings. The van der Waals surface area contributed by atoms with Crippen LogP contribution in [0.3, 0.4) is 0 Å². The Hall–Kier alpha value is -2.70. The number of benzene rings is 1. The van der Waals surface area contributed by atoms with Crippen LogP contribution in [0.4, 0.5) is 0 Å². The monoisotopic (exact) mass is 398 g/mol. The van der Waals surface area contributed by atoms with Gasteiger partial charge in [0.2, 0.25) is 17.9 Å². The molecule has 0 spiro atoms. The highest BCUT2D eigenvalue weighted by molar-refractivity contribution is 6.05. The quantitative estimate of drug-likeness (QED) is 0.561. The highest BCUT2D eigenvalue weighted by atomic mass is 16.5. The van der Waals surface area contributed by atoms with Crippen molar-refractivity contribution in [1.29, 1.82) is 0 Å². The molecule has 3 fully saturated rings. The number of likely N-dealkylation sites (tertiary alicyclic amines) is 1. The Labute approximate surface area is 169 Å². The second-order valence-electron chi connectivity index (χ2n) is 8.14. The number of hydrogen-bond donors (Lipinski definition) is 1. The highest BCUT2D eigenvalue weighted by Gasteiger charge is 2.48. The zero-order chi connectivity index (χ0) is 20.4. The van der Waals surface area contributed by atoms with Crippen molar-refractivity contribution in [3.8, 4) is 0 Å². The molecule has 154 valence electrons. The van der Waals surface area contributed by atoms with Gasteiger partial charge in [-0.1, -0.05) is 43.2 Å². The Kier molecular flexibility index (Phi) is 5.65. The third kappa shape index (κ3) is 4.33. The van der Waals surface area contributed by atoms with Gasteiger partial charge in [-0.05, 0) is 25.7 Å². The van der Waals surface area contributed by atoms with E-state index < -0.39 is 12.1 Å². The molecule has 0 unspecified atom stereocenters. The molecule has 3 aliphatic rings. The number of carbonyl (C=O) groups excluding carboxylic acids is 4. The summed E-state index contributed by atoms with van der Waals surface area (Å²) in [5.74, 6) is -1.73. The number of hydrogen-bond acceptors (Lipinski definition) is 5. The first-order chi connectivity index (χ1) is 14.0. The average Bonchev–Trinajstić information content (AvgIpc) is 3.52. The van der Waals surface area contributed by atoms with Crippen molar-refractivity contribution in [3.63, 3.8) is 0 Å². The van der Waals surface area contributed by atoms with Gasteiger partial charge in [-0.2, -0.15) is 0 Å². The molecule has 2 aliphatic carbocycles. The number of esters is 1. The largest absolute Gasteiger partial charge is 0.447 e. The van der Waals surface area contributed by atoms with E-state index in [-0.39, 0.29) is 48.6 Å². The smallest absolute Gasteiger partial charge is 0.308 e. The van der Waals surface area contributed by atoms with Crippen molar-refractivity contribution >= 4 is 23.7 Å². The fraction of sp³-hybridized carbons (Fsp3) is 0.545. The van der Waals surface area contributed by atoms with Crippen molar-refractivity contribution in [2.45, 2.75) is 57.1 Å². The first-order valence-electron chi connectivity index (χ1n) is 10.4. The number of ether oxygens (including phenoxy) is 1. The molecule has 1 saturated heterocycles. The summed E-state index contributed by atoms with van der Waals surface area (Å²) in [6, 6.07) is 9.01. The molecule has 1 N–H and O–H groups in total. The Morgan fingerprint density at radius 3 is 2.21 bits per heavy atom. The van der Waals surface area contributed by atoms with Crippen LogP contribution in [-0.4, -0.2) is 41.2 Å². The van der Waals surface area contributed by atoms with E-state index in [1.165, 1.54) is 4.90 Å². The zero-order valence-electron chi connectivity index (χ0n) is 16.3. The minimum absolute atomic E-state index is 0.00918. The van der Waals surface area contributed by atoms with Crippen LogP contribution in [-0.2, 0) is 23.9 Å². The molecule has 1 heterocycles. The molecular weight excluding hydrogens is 372 g/mol. The van der Waals surface area contributed by atoms with Crippen LogP contribution in [0.2, 0.25) is 0 Å². The maximum atomic E-state index is 12.6. The van der Waals surface area contributed by atoms with Gasteiger partial charge in [0.05, 0.1) is 18.3 Å². The van der Waals surface area contributed by atoms with Gasteiger partial charge in [-0.25, -0.2) is 0 Å². The molecule has 2 saturated carbocycles. The number of fused-ring (bicyclic) bond motifs is 1. The summed E-state index contributed by atoms with van der Waals surface area (Å²) < 4.78 is 5.48. The summed E-state index contributed by atoms with van der Waals surface area (Å²) in [5.41, 5.74) is 0.596. The maximum Gasteiger partial charge on any atom is 0.308 e. The molecule has 7 nitrogen and oxygen atoms in total. The molecule has 1 aliphatic heterocycles. The lowest BCUT2D eigenvalue weighted by atomic mass is 9.81. The molecule has 0 aromatic heterocycles. The number of imide groups is 1. The lowest BCUT2D eigenvalue weighted by molar-refractivity contribution is -0.157. The van der Waals surface area contributed by atoms with Crippen molar-refractivity contribution in [2.24, 2.45) is 11.8 Å². The predicted molar refractivity (Wildman–Crippen MR) is 103 cm³/mol. The highest BCUT2D eigenvalue weighted by Crippen LogP contribution is 2.38. The Balaban J connectivity index is 1.37. The summed E-state index contributed by atoms with van der Waals surface area (Å²) in [6.07, 6.45) is 4.14. The second kappa shape index (κ2) is 8.35. The van der Waals surface area contributed by atoms with Crippen LogP contribution < -0.4 is 5.32 Å². The van der Waals surface area contributed by atoms with Gasteiger partial charge in [-0.3, -0.25) is 24.1 Å². The van der Waals surface area contributed by atoms with Crippen molar-refractivity contribution < 1.29 is 23.9 Å². The molecule has 0 radical (unpaired) electrons. The second-order valence-corrected chi connectivity index (χ2v) is 8.14. The van der Waals surface area contributed by atoms with Gasteiger partial charge in [0.1, 0.15) is 0 Å². The molecular formula is C22H26N2O5. The van der Waals surface area contributed by atoms with Crippen LogP contribution in [0.25, 0.3) is 0 Å². The Morgan fingerprint density at radius 2 is 1.62 bits per heavy atom. The first-order valence-corrected chi connectivity index (χ1v) is 10.4. The van der Waals surface area contributed by atoms with E-state index in [9.17, 15) is 19.2 Å². The molecule has 7 heteroatoms. The summed E-state index contributed by atoms with van der Waals surface area (Å²) in [5, 5.41) is 2.87. The van der Waals surface area contributed by atoms with Gasteiger partial charge in [-0.15, -0.1) is 0 Å². The number of carbonyl (C=O) groups is 4. The van der Waals surface area contributed by atoms with Crippen LogP contribution in [0.1, 0.15) is 56.6 Å². The first kappa shape index (κ1) is 19.6. The van der Waals surface area contributed by atoms with Gasteiger partial charge in [0.15, 0.2) is 0 Å². The lowest BCUT2D eigenvalue weighted by Gasteiger charge is -2.19. The summed E-state index contributed by atoms with van der Waals surface area (Å²) in [4.78, 5) is 51.3. The third-order valence-electron chi connectivity index (χ3n) is 5.99. The van der Waals surface area contributed by atoms with Crippen molar-refractivity contribution in [2.75, 3.05) is 6.54 Å². The molecule has 3 amide bonds. The van der Waals surface area contributed by atoms with Gasteiger partial charge < -0.3 is 10.1 Å². The Morgan fingerprint density at radius 1 is 1.00 bits per heavy atom. The van der Waals surface area contributed by atoms with E-state index in [0.29, 0.717) is 5.56 Å². The topological polar surface area (TPSA) is 92.8 Å². The predicted octanol–water partition coefficient (Wildman–Crippen LogP) is 2.11. The zero-order valence-corrected chi connectivity index (χ0v) is 16.3. The normalized spacial score (nSPS) is 24.8. The van der Waals surface area contributed by atoms with E-state index in [0.717, 1.165) is 38.5 Å². The fourth-order valence-corrected chi connectivity index (χ4v) is 4.25. The van der Waals surface area contributed by atoms with Crippen LogP contribution in [0.5, 0.6) is 0 Å². The average molecular weight is 398 g/mol. The van der Waals surface area contributed by atoms with E-state index in [1.807, 2.05) is 6.07 Å². The third-order valence-corrected chi connectivity index (χ3v) is 5.99. The molecule has 3 atom stereocenters. The van der Waals surface area contributed by atoms with Crippen LogP contribution in [0, 0.1) is 11.8 Å². The minimum atomic E-state index is -1.03. The molecule has 1 aromatic carbocycles. The van der Waals surface area contributed by atoms with E-state index in [2.05, 4.69) is 5.32 Å². The van der Waals surface area contributed by atoms with Crippen molar-refractivity contribution in [3.05, 3.63) is 35.9 Å². The molecule has 0 bridgehead atoms. The van der Waals surface area contributed by atoms with Gasteiger partial charge in [0.25, 0.3) is 5.91 Å². The molecule has 4 rings (SSSR count). The summed E-state index contributed by atoms with van der Waals surface area (Å²) in [7, 11) is 0. The standard InChI is InChI=1S/C22H26N2O5/c25-18(12-13-24-21(27)16-8-4-5-9-17(16)22(24)28)29-19(14-6-2-1-3-7-14)20(26)23-15-10-11-15/h1-3,6-7,15-17,19H,4-5,8-13H2,(H,23,26)/t16-,17+,19-/m1/s1. The van der Waals surface area contributed by atoms with E-state index in [4.69, 9.17) is 4.74 Å². The SMILES string of the molecule is O=C(CCN1C(=O)[C@H]2CCCC[C@H]2C1=O)O[C@@H](C(=O)NC1CC1)c1ccccc1. The minimum Gasteiger partial charge on any atom is -0.447 e. The summed E-state index contributed by atoms with van der Waals surface area (Å²) >= 11 is 0. The fourth-order valence-electron chi connectivity index (χ4n) is 4.25. The lowest BCUT2D eigenvalue weighted by Crippen LogP contribution is -2.35. The maximum absolute atomic E-state index is 12.6. The number of amides is 3. The van der Waals surface area contributed by atoms with E-state index >= 15 is 0 Å². The van der Waals surface area contributed by atoms with E-state index in [1.54, 1.807) is 24.3 Å². The molecule has 29 heavy (non-hydrogen) atoms. The number of rotatable bonds is 7. The van der Waals surface area contributed by atoms with Crippen molar-refractivity contribution in [1.82, 2.24) is 10.2 Å². The van der Waals surface area contributed by atoms with Gasteiger partial charge in [0, 0.05) is 18.2 Å². The number of nitrogens with one attached hydrogen (secondary N) is 1. The van der Waals surface area contributed by atoms with Crippen LogP contribution in [0.15, 0.2) is 30.3 Å².